The molecule has 0 radical (unpaired) electrons. The molecule has 1 aliphatic rings. The number of nitrogens with one attached hydrogen (secondary N) is 1. The van der Waals surface area contributed by atoms with Crippen LogP contribution in [0.3, 0.4) is 0 Å². The predicted molar refractivity (Wildman–Crippen MR) is 168 cm³/mol. The van der Waals surface area contributed by atoms with Crippen LogP contribution in [0.5, 0.6) is 5.75 Å². The van der Waals surface area contributed by atoms with Gasteiger partial charge in [-0.1, -0.05) is 66.7 Å². The van der Waals surface area contributed by atoms with Gasteiger partial charge in [0.25, 0.3) is 10.0 Å². The molecule has 8 nitrogen and oxygen atoms in total. The molecule has 224 valence electrons. The SMILES string of the molecule is COc1cccc(CN(C(=O)CCCN2c3cccc4cccc(c34)S2(=O)=O)C(Cc2ccccc2)C(=O)NC(C)C)c1. The molecule has 4 aromatic rings. The van der Waals surface area contributed by atoms with Gasteiger partial charge >= 0.3 is 0 Å². The Labute approximate surface area is 253 Å². The minimum atomic E-state index is -3.73. The number of carbonyl (C=O) groups is 2. The fraction of sp³-hybridized carbons (Fsp3) is 0.294. The molecule has 1 unspecified atom stereocenters. The molecule has 1 aliphatic heterocycles. The smallest absolute Gasteiger partial charge is 0.265 e. The van der Waals surface area contributed by atoms with Crippen LogP contribution < -0.4 is 14.4 Å². The van der Waals surface area contributed by atoms with E-state index in [2.05, 4.69) is 5.32 Å². The highest BCUT2D eigenvalue weighted by molar-refractivity contribution is 7.93. The highest BCUT2D eigenvalue weighted by Crippen LogP contribution is 2.42. The first kappa shape index (κ1) is 30.1. The summed E-state index contributed by atoms with van der Waals surface area (Å²) in [6, 6.07) is 27.0. The van der Waals surface area contributed by atoms with Crippen molar-refractivity contribution in [3.8, 4) is 5.75 Å². The van der Waals surface area contributed by atoms with E-state index in [9.17, 15) is 18.0 Å². The van der Waals surface area contributed by atoms with Crippen molar-refractivity contribution in [2.45, 2.75) is 56.6 Å². The second kappa shape index (κ2) is 12.9. The maximum atomic E-state index is 14.0. The highest BCUT2D eigenvalue weighted by atomic mass is 32.2. The van der Waals surface area contributed by atoms with Crippen molar-refractivity contribution in [1.82, 2.24) is 10.2 Å². The first-order chi connectivity index (χ1) is 20.7. The molecule has 0 bridgehead atoms. The second-order valence-electron chi connectivity index (χ2n) is 11.1. The van der Waals surface area contributed by atoms with Crippen molar-refractivity contribution in [1.29, 1.82) is 0 Å². The zero-order chi connectivity index (χ0) is 30.6. The van der Waals surface area contributed by atoms with E-state index in [0.717, 1.165) is 16.5 Å². The normalized spacial score (nSPS) is 14.1. The quantitative estimate of drug-likeness (QED) is 0.238. The fourth-order valence-electron chi connectivity index (χ4n) is 5.62. The molecule has 5 rings (SSSR count). The lowest BCUT2D eigenvalue weighted by Crippen LogP contribution is -2.51. The van der Waals surface area contributed by atoms with Crippen molar-refractivity contribution >= 4 is 38.3 Å². The van der Waals surface area contributed by atoms with Crippen molar-refractivity contribution in [3.63, 3.8) is 0 Å². The van der Waals surface area contributed by atoms with E-state index in [1.807, 2.05) is 86.6 Å². The average Bonchev–Trinajstić information content (AvgIpc) is 3.22. The molecule has 0 aliphatic carbocycles. The Morgan fingerprint density at radius 1 is 0.907 bits per heavy atom. The van der Waals surface area contributed by atoms with E-state index in [-0.39, 0.29) is 37.4 Å². The molecule has 2 amide bonds. The van der Waals surface area contributed by atoms with Crippen molar-refractivity contribution < 1.29 is 22.7 Å². The van der Waals surface area contributed by atoms with Crippen LogP contribution >= 0.6 is 0 Å². The molecule has 4 aromatic carbocycles. The minimum absolute atomic E-state index is 0.0720. The van der Waals surface area contributed by atoms with Crippen LogP contribution in [0.2, 0.25) is 0 Å². The molecule has 0 aromatic heterocycles. The van der Waals surface area contributed by atoms with Crippen LogP contribution in [0.1, 0.15) is 37.8 Å². The molecule has 0 saturated carbocycles. The Morgan fingerprint density at radius 3 is 2.33 bits per heavy atom. The van der Waals surface area contributed by atoms with Gasteiger partial charge in [-0.2, -0.15) is 0 Å². The topological polar surface area (TPSA) is 96.0 Å². The number of hydrogen-bond acceptors (Lipinski definition) is 5. The maximum absolute atomic E-state index is 14.0. The summed E-state index contributed by atoms with van der Waals surface area (Å²) in [6.45, 7) is 4.13. The third kappa shape index (κ3) is 6.51. The number of ether oxygens (including phenoxy) is 1. The summed E-state index contributed by atoms with van der Waals surface area (Å²) in [5, 5.41) is 4.57. The van der Waals surface area contributed by atoms with Gasteiger partial charge in [-0.3, -0.25) is 13.9 Å². The van der Waals surface area contributed by atoms with Gasteiger partial charge in [0.1, 0.15) is 11.8 Å². The van der Waals surface area contributed by atoms with Gasteiger partial charge in [-0.25, -0.2) is 8.42 Å². The number of anilines is 1. The maximum Gasteiger partial charge on any atom is 0.265 e. The largest absolute Gasteiger partial charge is 0.497 e. The van der Waals surface area contributed by atoms with Gasteiger partial charge in [0.05, 0.1) is 17.7 Å². The lowest BCUT2D eigenvalue weighted by atomic mass is 10.0. The summed E-state index contributed by atoms with van der Waals surface area (Å²) >= 11 is 0. The summed E-state index contributed by atoms with van der Waals surface area (Å²) in [7, 11) is -2.14. The minimum Gasteiger partial charge on any atom is -0.497 e. The highest BCUT2D eigenvalue weighted by Gasteiger charge is 2.36. The van der Waals surface area contributed by atoms with E-state index < -0.39 is 16.1 Å². The summed E-state index contributed by atoms with van der Waals surface area (Å²) in [4.78, 5) is 29.5. The van der Waals surface area contributed by atoms with Gasteiger partial charge in [-0.05, 0) is 61.0 Å². The molecule has 1 atom stereocenters. The van der Waals surface area contributed by atoms with Crippen molar-refractivity contribution in [3.05, 3.63) is 102 Å². The predicted octanol–water partition coefficient (Wildman–Crippen LogP) is 5.30. The average molecular weight is 600 g/mol. The molecule has 1 N–H and O–H groups in total. The van der Waals surface area contributed by atoms with E-state index >= 15 is 0 Å². The lowest BCUT2D eigenvalue weighted by molar-refractivity contribution is -0.141. The number of rotatable bonds is 12. The number of methoxy groups -OCH3 is 1. The van der Waals surface area contributed by atoms with Crippen LogP contribution in [0.15, 0.2) is 95.9 Å². The van der Waals surface area contributed by atoms with Crippen molar-refractivity contribution in [2.75, 3.05) is 18.0 Å². The zero-order valence-corrected chi connectivity index (χ0v) is 25.5. The van der Waals surface area contributed by atoms with Gasteiger partial charge in [-0.15, -0.1) is 0 Å². The number of amides is 2. The first-order valence-electron chi connectivity index (χ1n) is 14.5. The van der Waals surface area contributed by atoms with Crippen LogP contribution in [0, 0.1) is 0 Å². The van der Waals surface area contributed by atoms with Gasteiger partial charge in [0.15, 0.2) is 0 Å². The summed E-state index contributed by atoms with van der Waals surface area (Å²) < 4.78 is 33.7. The Balaban J connectivity index is 1.40. The number of nitrogens with zero attached hydrogens (tertiary/aromatic N) is 2. The molecular weight excluding hydrogens is 562 g/mol. The number of sulfonamides is 1. The number of hydrogen-bond donors (Lipinski definition) is 1. The Morgan fingerprint density at radius 2 is 1.60 bits per heavy atom. The lowest BCUT2D eigenvalue weighted by Gasteiger charge is -2.32. The van der Waals surface area contributed by atoms with Crippen LogP contribution in [0.25, 0.3) is 10.8 Å². The van der Waals surface area contributed by atoms with E-state index in [1.165, 1.54) is 4.31 Å². The second-order valence-corrected chi connectivity index (χ2v) is 12.9. The Bertz CT molecular complexity index is 1720. The summed E-state index contributed by atoms with van der Waals surface area (Å²) in [6.07, 6.45) is 0.705. The molecule has 0 saturated heterocycles. The van der Waals surface area contributed by atoms with Crippen LogP contribution in [-0.2, 0) is 32.6 Å². The number of benzene rings is 4. The molecule has 43 heavy (non-hydrogen) atoms. The summed E-state index contributed by atoms with van der Waals surface area (Å²) in [5.41, 5.74) is 2.39. The monoisotopic (exact) mass is 599 g/mol. The van der Waals surface area contributed by atoms with Crippen molar-refractivity contribution in [2.24, 2.45) is 0 Å². The third-order valence-corrected chi connectivity index (χ3v) is 9.48. The Kier molecular flexibility index (Phi) is 9.01. The van der Waals surface area contributed by atoms with Crippen LogP contribution in [-0.4, -0.2) is 50.9 Å². The van der Waals surface area contributed by atoms with E-state index in [4.69, 9.17) is 4.74 Å². The molecular formula is C34H37N3O5S. The van der Waals surface area contributed by atoms with E-state index in [0.29, 0.717) is 34.6 Å². The number of carbonyl (C=O) groups excluding carboxylic acids is 2. The standard InChI is InChI=1S/C34H37N3O5S/c1-24(2)35-34(39)30(22-25-11-5-4-6-12-25)36(23-26-13-7-16-28(21-26)42-3)32(38)19-10-20-37-29-17-8-14-27-15-9-18-31(33(27)29)43(37,40)41/h4-9,11-18,21,24,30H,10,19-20,22-23H2,1-3H3,(H,35,39). The van der Waals surface area contributed by atoms with Gasteiger partial charge < -0.3 is 15.0 Å². The first-order valence-corrected chi connectivity index (χ1v) is 15.9. The Hall–Kier alpha value is -4.37. The fourth-order valence-corrected chi connectivity index (χ4v) is 7.37. The van der Waals surface area contributed by atoms with Gasteiger partial charge in [0, 0.05) is 37.4 Å². The summed E-state index contributed by atoms with van der Waals surface area (Å²) in [5.74, 6) is 0.193. The molecule has 0 spiro atoms. The zero-order valence-electron chi connectivity index (χ0n) is 24.7. The molecule has 1 heterocycles. The van der Waals surface area contributed by atoms with Crippen LogP contribution in [0.4, 0.5) is 5.69 Å². The van der Waals surface area contributed by atoms with E-state index in [1.54, 1.807) is 30.2 Å². The molecule has 0 fully saturated rings. The third-order valence-electron chi connectivity index (χ3n) is 7.62. The van der Waals surface area contributed by atoms with Gasteiger partial charge in [0.2, 0.25) is 11.8 Å². The molecule has 9 heteroatoms.